The highest BCUT2D eigenvalue weighted by molar-refractivity contribution is 5.90. The third kappa shape index (κ3) is 5.21. The highest BCUT2D eigenvalue weighted by atomic mass is 16.6. The van der Waals surface area contributed by atoms with Gasteiger partial charge in [0.15, 0.2) is 0 Å². The number of carbonyl (C=O) groups excluding carboxylic acids is 2. The number of nitrogens with one attached hydrogen (secondary N) is 1. The number of carbonyl (C=O) groups is 2. The van der Waals surface area contributed by atoms with Gasteiger partial charge in [-0.2, -0.15) is 5.10 Å². The third-order valence-electron chi connectivity index (χ3n) is 4.46. The average molecular weight is 421 g/mol. The van der Waals surface area contributed by atoms with Crippen LogP contribution in [0.5, 0.6) is 0 Å². The number of hydrazone groups is 1. The van der Waals surface area contributed by atoms with Gasteiger partial charge in [0.2, 0.25) is 5.91 Å². The van der Waals surface area contributed by atoms with E-state index in [1.165, 1.54) is 31.5 Å². The Balaban J connectivity index is 1.64. The minimum Gasteiger partial charge on any atom is -0.465 e. The Bertz CT molecular complexity index is 1170. The van der Waals surface area contributed by atoms with Crippen LogP contribution in [0.15, 0.2) is 64.1 Å². The Morgan fingerprint density at radius 3 is 2.68 bits per heavy atom. The molecule has 3 aromatic rings. The van der Waals surface area contributed by atoms with E-state index in [0.717, 1.165) is 11.1 Å². The van der Waals surface area contributed by atoms with Crippen LogP contribution in [-0.4, -0.2) is 30.1 Å². The van der Waals surface area contributed by atoms with Crippen molar-refractivity contribution in [2.75, 3.05) is 7.11 Å². The topological polar surface area (TPSA) is 124 Å². The van der Waals surface area contributed by atoms with Crippen LogP contribution in [0.25, 0.3) is 11.3 Å². The minimum absolute atomic E-state index is 0.120. The molecule has 2 aromatic carbocycles. The van der Waals surface area contributed by atoms with Gasteiger partial charge in [-0.3, -0.25) is 14.9 Å². The number of hydrogen-bond acceptors (Lipinski definition) is 7. The first-order valence-electron chi connectivity index (χ1n) is 9.22. The Labute approximate surface area is 177 Å². The summed E-state index contributed by atoms with van der Waals surface area (Å²) >= 11 is 0. The Hall–Kier alpha value is -4.27. The molecule has 0 atom stereocenters. The second-order valence-electron chi connectivity index (χ2n) is 6.58. The molecule has 9 nitrogen and oxygen atoms in total. The van der Waals surface area contributed by atoms with Crippen molar-refractivity contribution >= 4 is 23.8 Å². The number of rotatable bonds is 7. The van der Waals surface area contributed by atoms with E-state index < -0.39 is 16.8 Å². The van der Waals surface area contributed by atoms with Crippen molar-refractivity contribution < 1.29 is 23.7 Å². The first kappa shape index (κ1) is 21.4. The SMILES string of the molecule is COC(=O)c1ccc(-c2ccc(C=NNC(=O)Cc3ccccc3[N+](=O)[O-])o2)c(C)c1. The predicted octanol–water partition coefficient (Wildman–Crippen LogP) is 3.64. The molecule has 0 radical (unpaired) electrons. The molecule has 0 unspecified atom stereocenters. The molecule has 0 aliphatic heterocycles. The third-order valence-corrected chi connectivity index (χ3v) is 4.46. The molecule has 0 fully saturated rings. The molecule has 1 N–H and O–H groups in total. The summed E-state index contributed by atoms with van der Waals surface area (Å²) in [6.07, 6.45) is 1.16. The Kier molecular flexibility index (Phi) is 6.56. The van der Waals surface area contributed by atoms with Crippen LogP contribution in [0.3, 0.4) is 0 Å². The van der Waals surface area contributed by atoms with Gasteiger partial charge in [0.1, 0.15) is 11.5 Å². The lowest BCUT2D eigenvalue weighted by Gasteiger charge is -2.05. The molecule has 0 spiro atoms. The summed E-state index contributed by atoms with van der Waals surface area (Å²) in [5.74, 6) is 0.0594. The van der Waals surface area contributed by atoms with Gasteiger partial charge in [0.25, 0.3) is 5.69 Å². The molecular weight excluding hydrogens is 402 g/mol. The zero-order valence-electron chi connectivity index (χ0n) is 16.8. The number of hydrogen-bond donors (Lipinski definition) is 1. The van der Waals surface area contributed by atoms with E-state index in [1.807, 2.05) is 6.92 Å². The molecule has 158 valence electrons. The van der Waals surface area contributed by atoms with Crippen LogP contribution in [0.2, 0.25) is 0 Å². The number of nitrogens with zero attached hydrogens (tertiary/aromatic N) is 2. The van der Waals surface area contributed by atoms with Crippen molar-refractivity contribution in [2.45, 2.75) is 13.3 Å². The van der Waals surface area contributed by atoms with Crippen LogP contribution >= 0.6 is 0 Å². The van der Waals surface area contributed by atoms with Crippen molar-refractivity contribution in [1.29, 1.82) is 0 Å². The Morgan fingerprint density at radius 1 is 1.19 bits per heavy atom. The van der Waals surface area contributed by atoms with E-state index in [0.29, 0.717) is 22.6 Å². The van der Waals surface area contributed by atoms with Gasteiger partial charge in [0, 0.05) is 17.2 Å². The largest absolute Gasteiger partial charge is 0.465 e. The molecule has 0 saturated carbocycles. The smallest absolute Gasteiger partial charge is 0.337 e. The van der Waals surface area contributed by atoms with Crippen LogP contribution in [0.1, 0.15) is 27.2 Å². The zero-order valence-corrected chi connectivity index (χ0v) is 16.8. The van der Waals surface area contributed by atoms with Gasteiger partial charge < -0.3 is 9.15 Å². The number of para-hydroxylation sites is 1. The summed E-state index contributed by atoms with van der Waals surface area (Å²) in [5, 5.41) is 14.9. The first-order chi connectivity index (χ1) is 14.9. The van der Waals surface area contributed by atoms with Crippen molar-refractivity contribution in [2.24, 2.45) is 5.10 Å². The molecule has 1 aromatic heterocycles. The number of esters is 1. The van der Waals surface area contributed by atoms with Crippen molar-refractivity contribution in [3.8, 4) is 11.3 Å². The highest BCUT2D eigenvalue weighted by Gasteiger charge is 2.15. The summed E-state index contributed by atoms with van der Waals surface area (Å²) in [5.41, 5.74) is 4.58. The summed E-state index contributed by atoms with van der Waals surface area (Å²) in [7, 11) is 1.32. The summed E-state index contributed by atoms with van der Waals surface area (Å²) in [6, 6.07) is 14.6. The zero-order chi connectivity index (χ0) is 22.4. The normalized spacial score (nSPS) is 10.8. The second kappa shape index (κ2) is 9.49. The van der Waals surface area contributed by atoms with Crippen LogP contribution < -0.4 is 5.43 Å². The van der Waals surface area contributed by atoms with Gasteiger partial charge in [-0.05, 0) is 36.8 Å². The molecule has 0 bridgehead atoms. The van der Waals surface area contributed by atoms with E-state index in [4.69, 9.17) is 9.15 Å². The summed E-state index contributed by atoms with van der Waals surface area (Å²) in [6.45, 7) is 1.85. The lowest BCUT2D eigenvalue weighted by Crippen LogP contribution is -2.20. The van der Waals surface area contributed by atoms with Crippen molar-refractivity contribution in [1.82, 2.24) is 5.43 Å². The fourth-order valence-electron chi connectivity index (χ4n) is 2.97. The number of methoxy groups -OCH3 is 1. The molecule has 0 aliphatic carbocycles. The van der Waals surface area contributed by atoms with Gasteiger partial charge >= 0.3 is 5.97 Å². The number of nitro benzene ring substituents is 1. The second-order valence-corrected chi connectivity index (χ2v) is 6.58. The molecule has 0 aliphatic rings. The van der Waals surface area contributed by atoms with Crippen molar-refractivity contribution in [3.63, 3.8) is 0 Å². The highest BCUT2D eigenvalue weighted by Crippen LogP contribution is 2.26. The minimum atomic E-state index is -0.532. The number of furan rings is 1. The van der Waals surface area contributed by atoms with Gasteiger partial charge in [-0.15, -0.1) is 0 Å². The number of benzene rings is 2. The number of amides is 1. The van der Waals surface area contributed by atoms with Gasteiger partial charge in [0.05, 0.1) is 30.2 Å². The quantitative estimate of drug-likeness (QED) is 0.269. The maximum absolute atomic E-state index is 12.0. The fraction of sp³-hybridized carbons (Fsp3) is 0.136. The molecule has 1 amide bonds. The van der Waals surface area contributed by atoms with Crippen LogP contribution in [0, 0.1) is 17.0 Å². The number of nitro groups is 1. The molecule has 1 heterocycles. The predicted molar refractivity (Wildman–Crippen MR) is 113 cm³/mol. The lowest BCUT2D eigenvalue weighted by atomic mass is 10.0. The van der Waals surface area contributed by atoms with Gasteiger partial charge in [-0.1, -0.05) is 24.3 Å². The van der Waals surface area contributed by atoms with E-state index in [1.54, 1.807) is 36.4 Å². The van der Waals surface area contributed by atoms with Crippen LogP contribution in [-0.2, 0) is 16.0 Å². The van der Waals surface area contributed by atoms with E-state index >= 15 is 0 Å². The van der Waals surface area contributed by atoms with E-state index in [9.17, 15) is 19.7 Å². The number of ether oxygens (including phenoxy) is 1. The van der Waals surface area contributed by atoms with E-state index in [2.05, 4.69) is 10.5 Å². The molecule has 31 heavy (non-hydrogen) atoms. The molecular formula is C22H19N3O6. The maximum Gasteiger partial charge on any atom is 0.337 e. The standard InChI is InChI=1S/C22H19N3O6/c1-14-11-16(22(27)30-2)7-9-18(14)20-10-8-17(31-20)13-23-24-21(26)12-15-5-3-4-6-19(15)25(28)29/h3-11,13H,12H2,1-2H3,(H,24,26). The maximum atomic E-state index is 12.0. The lowest BCUT2D eigenvalue weighted by molar-refractivity contribution is -0.385. The number of aryl methyl sites for hydroxylation is 1. The summed E-state index contributed by atoms with van der Waals surface area (Å²) < 4.78 is 10.4. The monoisotopic (exact) mass is 421 g/mol. The molecule has 0 saturated heterocycles. The fourth-order valence-corrected chi connectivity index (χ4v) is 2.97. The van der Waals surface area contributed by atoms with E-state index in [-0.39, 0.29) is 12.1 Å². The average Bonchev–Trinajstić information content (AvgIpc) is 3.21. The van der Waals surface area contributed by atoms with Crippen LogP contribution in [0.4, 0.5) is 5.69 Å². The molecule has 3 rings (SSSR count). The first-order valence-corrected chi connectivity index (χ1v) is 9.22. The van der Waals surface area contributed by atoms with Gasteiger partial charge in [-0.25, -0.2) is 10.2 Å². The Morgan fingerprint density at radius 2 is 1.97 bits per heavy atom. The van der Waals surface area contributed by atoms with Crippen molar-refractivity contribution in [3.05, 3.63) is 87.2 Å². The summed E-state index contributed by atoms with van der Waals surface area (Å²) in [4.78, 5) is 34.2. The molecule has 9 heteroatoms.